The van der Waals surface area contributed by atoms with Crippen LogP contribution in [0.2, 0.25) is 0 Å². The van der Waals surface area contributed by atoms with Gasteiger partial charge < -0.3 is 0 Å². The van der Waals surface area contributed by atoms with Gasteiger partial charge in [0.1, 0.15) is 0 Å². The van der Waals surface area contributed by atoms with Crippen LogP contribution in [-0.2, 0) is 0 Å². The van der Waals surface area contributed by atoms with Crippen LogP contribution < -0.4 is 0 Å². The van der Waals surface area contributed by atoms with Crippen LogP contribution in [-0.4, -0.2) is 21.9 Å². The molecule has 2 aromatic rings. The van der Waals surface area contributed by atoms with Gasteiger partial charge in [-0.1, -0.05) is 18.2 Å². The second kappa shape index (κ2) is 5.52. The first-order chi connectivity index (χ1) is 12.3. The van der Waals surface area contributed by atoms with E-state index in [2.05, 4.69) is 47.7 Å². The van der Waals surface area contributed by atoms with E-state index in [1.807, 2.05) is 35.7 Å². The molecule has 0 fully saturated rings. The second-order valence-corrected chi connectivity index (χ2v) is 6.47. The van der Waals surface area contributed by atoms with Crippen LogP contribution in [0.3, 0.4) is 0 Å². The zero-order valence-electron chi connectivity index (χ0n) is 14.0. The van der Waals surface area contributed by atoms with Crippen molar-refractivity contribution in [2.75, 3.05) is 0 Å². The topological polar surface area (TPSA) is 40.9 Å². The van der Waals surface area contributed by atoms with E-state index in [9.17, 15) is 0 Å². The normalized spacial score (nSPS) is 18.2. The highest BCUT2D eigenvalue weighted by Gasteiger charge is 2.28. The summed E-state index contributed by atoms with van der Waals surface area (Å²) in [5.74, 6) is 0.941. The molecule has 1 aromatic heterocycles. The molecule has 5 rings (SSSR count). The monoisotopic (exact) mass is 325 g/mol. The lowest BCUT2D eigenvalue weighted by Crippen LogP contribution is -2.21. The summed E-state index contributed by atoms with van der Waals surface area (Å²) in [5.41, 5.74) is 8.19. The van der Waals surface area contributed by atoms with Crippen LogP contribution in [0, 0.1) is 6.42 Å². The molecular formula is C21H17N4. The largest absolute Gasteiger partial charge is 0.265 e. The number of rotatable bonds is 2. The third-order valence-electron chi connectivity index (χ3n) is 4.76. The van der Waals surface area contributed by atoms with Crippen LogP contribution in [0.15, 0.2) is 70.3 Å². The Balaban J connectivity index is 1.72. The van der Waals surface area contributed by atoms with E-state index in [-0.39, 0.29) is 0 Å². The Morgan fingerprint density at radius 1 is 1.08 bits per heavy atom. The van der Waals surface area contributed by atoms with Crippen molar-refractivity contribution >= 4 is 17.6 Å². The summed E-state index contributed by atoms with van der Waals surface area (Å²) in [5, 5.41) is 6.63. The lowest BCUT2D eigenvalue weighted by molar-refractivity contribution is 0.511. The number of allylic oxidation sites excluding steroid dienone is 2. The molecule has 0 saturated carbocycles. The van der Waals surface area contributed by atoms with E-state index in [4.69, 9.17) is 4.99 Å². The molecule has 121 valence electrons. The number of hydrazone groups is 1. The van der Waals surface area contributed by atoms with Crippen molar-refractivity contribution in [3.8, 4) is 0 Å². The van der Waals surface area contributed by atoms with Crippen molar-refractivity contribution < 1.29 is 0 Å². The van der Waals surface area contributed by atoms with Gasteiger partial charge in [0.2, 0.25) is 0 Å². The van der Waals surface area contributed by atoms with Gasteiger partial charge in [0.15, 0.2) is 5.82 Å². The van der Waals surface area contributed by atoms with Gasteiger partial charge in [0, 0.05) is 36.2 Å². The van der Waals surface area contributed by atoms with Crippen molar-refractivity contribution in [2.45, 2.75) is 19.8 Å². The number of fused-ring (bicyclic) bond motifs is 2. The molecule has 3 heterocycles. The molecule has 25 heavy (non-hydrogen) atoms. The van der Waals surface area contributed by atoms with Crippen LogP contribution in [0.4, 0.5) is 0 Å². The van der Waals surface area contributed by atoms with Crippen molar-refractivity contribution in [3.63, 3.8) is 0 Å². The average Bonchev–Trinajstić information content (AvgIpc) is 3.46. The number of nitrogens with zero attached hydrogens (tertiary/aromatic N) is 4. The number of aliphatic imine (C=N–C) groups is 1. The fraction of sp³-hybridized carbons (Fsp3) is 0.143. The Kier molecular flexibility index (Phi) is 3.17. The average molecular weight is 325 g/mol. The number of hydrogen-bond donors (Lipinski definition) is 0. The highest BCUT2D eigenvalue weighted by atomic mass is 15.5. The van der Waals surface area contributed by atoms with Gasteiger partial charge in [0.25, 0.3) is 0 Å². The summed E-state index contributed by atoms with van der Waals surface area (Å²) < 4.78 is 0. The summed E-state index contributed by atoms with van der Waals surface area (Å²) in [6.45, 7) is 2.15. The molecule has 0 N–H and O–H groups in total. The van der Waals surface area contributed by atoms with Gasteiger partial charge in [-0.05, 0) is 54.7 Å². The van der Waals surface area contributed by atoms with Crippen molar-refractivity contribution in [1.29, 1.82) is 0 Å². The van der Waals surface area contributed by atoms with E-state index in [1.165, 1.54) is 22.3 Å². The summed E-state index contributed by atoms with van der Waals surface area (Å²) in [4.78, 5) is 9.13. The van der Waals surface area contributed by atoms with E-state index in [0.29, 0.717) is 0 Å². The van der Waals surface area contributed by atoms with Gasteiger partial charge in [-0.15, -0.1) is 0 Å². The van der Waals surface area contributed by atoms with Crippen molar-refractivity contribution in [2.24, 2.45) is 10.1 Å². The maximum atomic E-state index is 4.98. The van der Waals surface area contributed by atoms with Crippen LogP contribution in [0.1, 0.15) is 42.0 Å². The van der Waals surface area contributed by atoms with Crippen molar-refractivity contribution in [1.82, 2.24) is 9.99 Å². The van der Waals surface area contributed by atoms with Crippen LogP contribution in [0.25, 0.3) is 5.70 Å². The Morgan fingerprint density at radius 2 is 1.96 bits per heavy atom. The lowest BCUT2D eigenvalue weighted by Gasteiger charge is -2.27. The Morgan fingerprint density at radius 3 is 2.84 bits per heavy atom. The lowest BCUT2D eigenvalue weighted by atomic mass is 10.0. The number of aromatic nitrogens is 1. The summed E-state index contributed by atoms with van der Waals surface area (Å²) in [7, 11) is 0. The molecule has 1 aromatic carbocycles. The molecule has 0 amide bonds. The van der Waals surface area contributed by atoms with Crippen molar-refractivity contribution in [3.05, 3.63) is 88.9 Å². The SMILES string of the molecule is CC1=C2N=C(c3cccc4c3[CH]4)C=C(c3ccncc3)N2N=CCC1. The van der Waals surface area contributed by atoms with Gasteiger partial charge in [0.05, 0.1) is 11.4 Å². The molecular weight excluding hydrogens is 308 g/mol. The first kappa shape index (κ1) is 14.3. The van der Waals surface area contributed by atoms with E-state index >= 15 is 0 Å². The number of benzene rings is 1. The molecule has 4 heteroatoms. The molecule has 3 aliphatic rings. The Hall–Kier alpha value is -3.01. The smallest absolute Gasteiger partial charge is 0.153 e. The molecule has 0 unspecified atom stereocenters. The maximum absolute atomic E-state index is 4.98. The number of hydrogen-bond acceptors (Lipinski definition) is 4. The first-order valence-electron chi connectivity index (χ1n) is 8.52. The molecule has 0 atom stereocenters. The fourth-order valence-corrected chi connectivity index (χ4v) is 3.34. The quantitative estimate of drug-likeness (QED) is 0.710. The zero-order chi connectivity index (χ0) is 16.8. The van der Waals surface area contributed by atoms with Crippen LogP contribution >= 0.6 is 0 Å². The van der Waals surface area contributed by atoms with Gasteiger partial charge in [-0.2, -0.15) is 5.10 Å². The van der Waals surface area contributed by atoms with E-state index < -0.39 is 0 Å². The highest BCUT2D eigenvalue weighted by molar-refractivity contribution is 6.15. The first-order valence-corrected chi connectivity index (χ1v) is 8.52. The minimum atomic E-state index is 0.939. The molecule has 2 aliphatic heterocycles. The third kappa shape index (κ3) is 2.41. The summed E-state index contributed by atoms with van der Waals surface area (Å²) in [6, 6.07) is 10.4. The molecule has 0 saturated heterocycles. The Labute approximate surface area is 146 Å². The standard InChI is InChI=1S/C21H17N4/c1-14-4-3-9-23-25-20(15-7-10-22-11-8-15)13-19(24-21(14)25)17-6-2-5-16-12-18(16)17/h2,5-13H,3-4H2,1H3. The minimum absolute atomic E-state index is 0.939. The van der Waals surface area contributed by atoms with E-state index in [1.54, 1.807) is 0 Å². The molecule has 0 bridgehead atoms. The van der Waals surface area contributed by atoms with Gasteiger partial charge >= 0.3 is 0 Å². The van der Waals surface area contributed by atoms with Gasteiger partial charge in [-0.3, -0.25) is 4.98 Å². The van der Waals surface area contributed by atoms with Gasteiger partial charge in [-0.25, -0.2) is 10.0 Å². The fourth-order valence-electron chi connectivity index (χ4n) is 3.34. The maximum Gasteiger partial charge on any atom is 0.153 e. The molecule has 1 radical (unpaired) electrons. The predicted molar refractivity (Wildman–Crippen MR) is 100.0 cm³/mol. The summed E-state index contributed by atoms with van der Waals surface area (Å²) >= 11 is 0. The second-order valence-electron chi connectivity index (χ2n) is 6.47. The molecule has 4 nitrogen and oxygen atoms in total. The highest BCUT2D eigenvalue weighted by Crippen LogP contribution is 2.38. The zero-order valence-corrected chi connectivity index (χ0v) is 14.0. The minimum Gasteiger partial charge on any atom is -0.265 e. The Bertz CT molecular complexity index is 980. The van der Waals surface area contributed by atoms with Crippen LogP contribution in [0.5, 0.6) is 0 Å². The predicted octanol–water partition coefficient (Wildman–Crippen LogP) is 4.15. The molecule has 1 aliphatic carbocycles. The summed E-state index contributed by atoms with van der Waals surface area (Å²) in [6.07, 6.45) is 11.9. The molecule has 0 spiro atoms. The van der Waals surface area contributed by atoms with E-state index in [0.717, 1.165) is 35.6 Å². The number of pyridine rings is 1. The third-order valence-corrected chi connectivity index (χ3v) is 4.76.